The Kier molecular flexibility index (Phi) is 3.42. The molecule has 1 heterocycles. The average molecular weight is 270 g/mol. The molecule has 19 heavy (non-hydrogen) atoms. The van der Waals surface area contributed by atoms with Crippen molar-refractivity contribution < 1.29 is 4.79 Å². The van der Waals surface area contributed by atoms with Gasteiger partial charge in [0.15, 0.2) is 0 Å². The summed E-state index contributed by atoms with van der Waals surface area (Å²) < 4.78 is 0. The molecule has 2 aromatic carbocycles. The van der Waals surface area contributed by atoms with Crippen LogP contribution in [-0.2, 0) is 5.75 Å². The summed E-state index contributed by atoms with van der Waals surface area (Å²) in [5, 5.41) is 6.28. The van der Waals surface area contributed by atoms with E-state index in [1.807, 2.05) is 42.5 Å². The molecule has 3 rings (SSSR count). The lowest BCUT2D eigenvalue weighted by molar-refractivity contribution is 0.0948. The van der Waals surface area contributed by atoms with Crippen LogP contribution in [0.1, 0.15) is 15.9 Å². The van der Waals surface area contributed by atoms with Crippen LogP contribution in [0.3, 0.4) is 0 Å². The number of amides is 1. The first kappa shape index (κ1) is 12.1. The molecule has 0 aromatic heterocycles. The molecular weight excluding hydrogens is 256 g/mol. The van der Waals surface area contributed by atoms with Crippen LogP contribution in [0.4, 0.5) is 5.69 Å². The quantitative estimate of drug-likeness (QED) is 0.900. The van der Waals surface area contributed by atoms with Gasteiger partial charge < -0.3 is 10.6 Å². The maximum Gasteiger partial charge on any atom is 0.255 e. The van der Waals surface area contributed by atoms with Gasteiger partial charge in [0.05, 0.1) is 5.56 Å². The van der Waals surface area contributed by atoms with Crippen molar-refractivity contribution >= 4 is 23.4 Å². The topological polar surface area (TPSA) is 41.1 Å². The molecule has 2 aromatic rings. The number of fused-ring (bicyclic) bond motifs is 1. The molecule has 0 bridgehead atoms. The number of thioether (sulfide) groups is 1. The number of carbonyl (C=O) groups is 1. The minimum atomic E-state index is -0.0809. The van der Waals surface area contributed by atoms with Gasteiger partial charge in [-0.2, -0.15) is 0 Å². The van der Waals surface area contributed by atoms with E-state index in [4.69, 9.17) is 0 Å². The summed E-state index contributed by atoms with van der Waals surface area (Å²) in [6, 6.07) is 17.8. The lowest BCUT2D eigenvalue weighted by Crippen LogP contribution is -2.42. The summed E-state index contributed by atoms with van der Waals surface area (Å²) in [7, 11) is 0. The highest BCUT2D eigenvalue weighted by Gasteiger charge is 2.22. The van der Waals surface area contributed by atoms with Gasteiger partial charge in [-0.1, -0.05) is 42.5 Å². The van der Waals surface area contributed by atoms with E-state index >= 15 is 0 Å². The third-order valence-corrected chi connectivity index (χ3v) is 4.05. The maximum atomic E-state index is 11.9. The van der Waals surface area contributed by atoms with Crippen molar-refractivity contribution in [3.8, 4) is 0 Å². The van der Waals surface area contributed by atoms with Crippen LogP contribution < -0.4 is 10.6 Å². The highest BCUT2D eigenvalue weighted by atomic mass is 32.2. The zero-order chi connectivity index (χ0) is 13.1. The van der Waals surface area contributed by atoms with Gasteiger partial charge in [0, 0.05) is 11.4 Å². The van der Waals surface area contributed by atoms with Crippen molar-refractivity contribution in [3.63, 3.8) is 0 Å². The van der Waals surface area contributed by atoms with Gasteiger partial charge in [-0.05, 0) is 17.7 Å². The van der Waals surface area contributed by atoms with Gasteiger partial charge in [-0.3, -0.25) is 4.79 Å². The predicted molar refractivity (Wildman–Crippen MR) is 79.1 cm³/mol. The van der Waals surface area contributed by atoms with E-state index in [0.29, 0.717) is 5.56 Å². The summed E-state index contributed by atoms with van der Waals surface area (Å²) in [5.41, 5.74) is 2.78. The molecule has 4 heteroatoms. The van der Waals surface area contributed by atoms with Crippen LogP contribution in [-0.4, -0.2) is 11.4 Å². The second kappa shape index (κ2) is 5.36. The van der Waals surface area contributed by atoms with E-state index in [2.05, 4.69) is 22.8 Å². The second-order valence-corrected chi connectivity index (χ2v) is 5.43. The smallest absolute Gasteiger partial charge is 0.255 e. The summed E-state index contributed by atoms with van der Waals surface area (Å²) in [5.74, 6) is 0.848. The van der Waals surface area contributed by atoms with Gasteiger partial charge in [-0.25, -0.2) is 0 Å². The third kappa shape index (κ3) is 2.74. The van der Waals surface area contributed by atoms with Crippen molar-refractivity contribution in [2.24, 2.45) is 0 Å². The van der Waals surface area contributed by atoms with E-state index in [1.54, 1.807) is 11.8 Å². The summed E-state index contributed by atoms with van der Waals surface area (Å²) in [4.78, 5) is 11.9. The summed E-state index contributed by atoms with van der Waals surface area (Å²) >= 11 is 1.67. The predicted octanol–water partition coefficient (Wildman–Crippen LogP) is 3.06. The zero-order valence-electron chi connectivity index (χ0n) is 10.3. The van der Waals surface area contributed by atoms with E-state index in [0.717, 1.165) is 11.4 Å². The Morgan fingerprint density at radius 2 is 1.68 bits per heavy atom. The molecule has 3 nitrogen and oxygen atoms in total. The van der Waals surface area contributed by atoms with Crippen molar-refractivity contribution in [1.82, 2.24) is 5.32 Å². The van der Waals surface area contributed by atoms with E-state index < -0.39 is 0 Å². The van der Waals surface area contributed by atoms with Crippen molar-refractivity contribution in [2.75, 3.05) is 5.32 Å². The Hall–Kier alpha value is -1.94. The van der Waals surface area contributed by atoms with Crippen LogP contribution in [0.5, 0.6) is 0 Å². The fraction of sp³-hybridized carbons (Fsp3) is 0.133. The fourth-order valence-electron chi connectivity index (χ4n) is 2.02. The van der Waals surface area contributed by atoms with Gasteiger partial charge in [0.25, 0.3) is 5.91 Å². The van der Waals surface area contributed by atoms with Crippen molar-refractivity contribution in [2.45, 2.75) is 11.3 Å². The van der Waals surface area contributed by atoms with Crippen LogP contribution in [0, 0.1) is 0 Å². The molecule has 0 unspecified atom stereocenters. The highest BCUT2D eigenvalue weighted by Crippen LogP contribution is 2.25. The van der Waals surface area contributed by atoms with Crippen LogP contribution in [0.2, 0.25) is 0 Å². The molecule has 2 N–H and O–H groups in total. The Balaban J connectivity index is 1.67. The lowest BCUT2D eigenvalue weighted by atomic mass is 10.1. The molecule has 1 aliphatic heterocycles. The molecule has 1 atom stereocenters. The summed E-state index contributed by atoms with van der Waals surface area (Å²) in [6.07, 6.45) is 0. The van der Waals surface area contributed by atoms with Crippen LogP contribution >= 0.6 is 11.8 Å². The molecule has 0 radical (unpaired) electrons. The second-order valence-electron chi connectivity index (χ2n) is 4.34. The molecule has 96 valence electrons. The van der Waals surface area contributed by atoms with Crippen LogP contribution in [0.25, 0.3) is 0 Å². The van der Waals surface area contributed by atoms with E-state index in [1.165, 1.54) is 5.56 Å². The number of hydrogen-bond donors (Lipinski definition) is 2. The molecule has 0 saturated carbocycles. The Bertz CT molecular complexity index is 586. The standard InChI is InChI=1S/C15H14N2OS/c18-14-12-8-4-5-9-13(12)16-15(17-14)19-10-11-6-2-1-3-7-11/h1-9,15-16H,10H2,(H,17,18)/t15-/m1/s1. The van der Waals surface area contributed by atoms with E-state index in [-0.39, 0.29) is 11.4 Å². The average Bonchev–Trinajstić information content (AvgIpc) is 2.46. The highest BCUT2D eigenvalue weighted by molar-refractivity contribution is 7.99. The summed E-state index contributed by atoms with van der Waals surface area (Å²) in [6.45, 7) is 0. The Morgan fingerprint density at radius 3 is 2.53 bits per heavy atom. The Morgan fingerprint density at radius 1 is 0.947 bits per heavy atom. The van der Waals surface area contributed by atoms with Crippen molar-refractivity contribution in [1.29, 1.82) is 0 Å². The van der Waals surface area contributed by atoms with Crippen molar-refractivity contribution in [3.05, 3.63) is 65.7 Å². The molecule has 0 spiro atoms. The monoisotopic (exact) mass is 270 g/mol. The SMILES string of the molecule is O=C1N[C@H](SCc2ccccc2)Nc2ccccc21. The largest absolute Gasteiger partial charge is 0.356 e. The number of para-hydroxylation sites is 1. The zero-order valence-corrected chi connectivity index (χ0v) is 11.1. The maximum absolute atomic E-state index is 11.9. The normalized spacial score (nSPS) is 17.3. The number of nitrogens with one attached hydrogen (secondary N) is 2. The number of rotatable bonds is 3. The van der Waals surface area contributed by atoms with Gasteiger partial charge in [0.2, 0.25) is 0 Å². The molecular formula is C15H14N2OS. The lowest BCUT2D eigenvalue weighted by Gasteiger charge is -2.27. The first-order valence-electron chi connectivity index (χ1n) is 6.15. The van der Waals surface area contributed by atoms with Gasteiger partial charge in [0.1, 0.15) is 5.50 Å². The fourth-order valence-corrected chi connectivity index (χ4v) is 2.97. The number of hydrogen-bond acceptors (Lipinski definition) is 3. The van der Waals surface area contributed by atoms with Gasteiger partial charge in [-0.15, -0.1) is 11.8 Å². The first-order chi connectivity index (χ1) is 9.33. The minimum Gasteiger partial charge on any atom is -0.356 e. The molecule has 0 saturated heterocycles. The number of carbonyl (C=O) groups excluding carboxylic acids is 1. The third-order valence-electron chi connectivity index (χ3n) is 2.98. The van der Waals surface area contributed by atoms with E-state index in [9.17, 15) is 4.79 Å². The molecule has 0 aliphatic carbocycles. The number of benzene rings is 2. The molecule has 0 fully saturated rings. The minimum absolute atomic E-state index is 0.0140. The van der Waals surface area contributed by atoms with Gasteiger partial charge >= 0.3 is 0 Å². The Labute approximate surface area is 116 Å². The first-order valence-corrected chi connectivity index (χ1v) is 7.20. The number of anilines is 1. The molecule has 1 amide bonds. The molecule has 1 aliphatic rings. The van der Waals surface area contributed by atoms with Crippen LogP contribution in [0.15, 0.2) is 54.6 Å².